The third kappa shape index (κ3) is 4.91. The van der Waals surface area contributed by atoms with Gasteiger partial charge in [0.15, 0.2) is 0 Å². The maximum Gasteiger partial charge on any atom is 0.271 e. The molecule has 2 rings (SSSR count). The Morgan fingerprint density at radius 1 is 1.42 bits per heavy atom. The molecule has 108 valence electrons. The van der Waals surface area contributed by atoms with Crippen LogP contribution in [0.3, 0.4) is 0 Å². The number of β-amino-alcohol motifs (C(OH)–C–C–N with tert-alkyl or cyclic N) is 1. The van der Waals surface area contributed by atoms with Gasteiger partial charge in [0, 0.05) is 31.7 Å². The first kappa shape index (κ1) is 18.0. The first-order valence-electron chi connectivity index (χ1n) is 5.62. The molecule has 1 aliphatic rings. The molecule has 19 heavy (non-hydrogen) atoms. The van der Waals surface area contributed by atoms with E-state index in [2.05, 4.69) is 20.6 Å². The number of aromatic nitrogens is 2. The molecule has 2 atom stereocenters. The Bertz CT molecular complexity index is 402. The van der Waals surface area contributed by atoms with Gasteiger partial charge < -0.3 is 15.7 Å². The molecule has 1 amide bonds. The van der Waals surface area contributed by atoms with E-state index in [4.69, 9.17) is 0 Å². The van der Waals surface area contributed by atoms with E-state index >= 15 is 0 Å². The predicted octanol–water partition coefficient (Wildman–Crippen LogP) is -0.0613. The Labute approximate surface area is 124 Å². The van der Waals surface area contributed by atoms with Crippen molar-refractivity contribution in [2.24, 2.45) is 5.92 Å². The van der Waals surface area contributed by atoms with Crippen molar-refractivity contribution in [1.29, 1.82) is 0 Å². The molecule has 0 bridgehead atoms. The number of amides is 1. The molecule has 1 aliphatic heterocycles. The van der Waals surface area contributed by atoms with Crippen molar-refractivity contribution in [1.82, 2.24) is 20.6 Å². The van der Waals surface area contributed by atoms with Crippen molar-refractivity contribution in [3.8, 4) is 0 Å². The lowest BCUT2D eigenvalue weighted by molar-refractivity contribution is 0.0921. The molecule has 0 aliphatic carbocycles. The second-order valence-electron chi connectivity index (χ2n) is 4.24. The number of carbonyl (C=O) groups excluding carboxylic acids is 1. The minimum atomic E-state index is -0.389. The smallest absolute Gasteiger partial charge is 0.271 e. The summed E-state index contributed by atoms with van der Waals surface area (Å²) in [6.45, 7) is 3.57. The van der Waals surface area contributed by atoms with E-state index in [0.29, 0.717) is 18.8 Å². The quantitative estimate of drug-likeness (QED) is 0.728. The number of nitrogens with one attached hydrogen (secondary N) is 2. The SMILES string of the molecule is Cc1cnc(C(=O)NCC2CNCC2O)cn1.Cl.Cl. The van der Waals surface area contributed by atoms with Crippen LogP contribution in [-0.4, -0.2) is 46.7 Å². The fourth-order valence-corrected chi connectivity index (χ4v) is 1.75. The molecular formula is C11H18Cl2N4O2. The molecule has 0 aromatic carbocycles. The molecule has 2 unspecified atom stereocenters. The highest BCUT2D eigenvalue weighted by Crippen LogP contribution is 2.07. The second-order valence-corrected chi connectivity index (χ2v) is 4.24. The van der Waals surface area contributed by atoms with Gasteiger partial charge in [-0.25, -0.2) is 4.98 Å². The van der Waals surface area contributed by atoms with Crippen molar-refractivity contribution in [3.63, 3.8) is 0 Å². The maximum atomic E-state index is 11.7. The summed E-state index contributed by atoms with van der Waals surface area (Å²) in [6.07, 6.45) is 2.62. The molecule has 2 heterocycles. The lowest BCUT2D eigenvalue weighted by atomic mass is 10.1. The van der Waals surface area contributed by atoms with Gasteiger partial charge in [-0.2, -0.15) is 0 Å². The average molecular weight is 309 g/mol. The number of aryl methyl sites for hydroxylation is 1. The predicted molar refractivity (Wildman–Crippen MR) is 76.0 cm³/mol. The summed E-state index contributed by atoms with van der Waals surface area (Å²) in [6, 6.07) is 0. The molecule has 6 nitrogen and oxygen atoms in total. The fourth-order valence-electron chi connectivity index (χ4n) is 1.75. The minimum Gasteiger partial charge on any atom is -0.391 e. The third-order valence-electron chi connectivity index (χ3n) is 2.84. The first-order valence-corrected chi connectivity index (χ1v) is 5.62. The van der Waals surface area contributed by atoms with Crippen LogP contribution in [0.1, 0.15) is 16.2 Å². The Hall–Kier alpha value is -0.950. The minimum absolute atomic E-state index is 0. The molecule has 1 aromatic heterocycles. The van der Waals surface area contributed by atoms with Crippen LogP contribution in [0.25, 0.3) is 0 Å². The van der Waals surface area contributed by atoms with Gasteiger partial charge in [-0.3, -0.25) is 9.78 Å². The molecular weight excluding hydrogens is 291 g/mol. The molecule has 1 fully saturated rings. The molecule has 8 heteroatoms. The lowest BCUT2D eigenvalue weighted by Crippen LogP contribution is -2.34. The monoisotopic (exact) mass is 308 g/mol. The number of aliphatic hydroxyl groups is 1. The number of aliphatic hydroxyl groups excluding tert-OH is 1. The zero-order valence-electron chi connectivity index (χ0n) is 10.5. The van der Waals surface area contributed by atoms with Crippen LogP contribution in [-0.2, 0) is 0 Å². The van der Waals surface area contributed by atoms with E-state index in [1.807, 2.05) is 6.92 Å². The number of hydrogen-bond acceptors (Lipinski definition) is 5. The van der Waals surface area contributed by atoms with E-state index in [-0.39, 0.29) is 42.7 Å². The lowest BCUT2D eigenvalue weighted by Gasteiger charge is -2.13. The van der Waals surface area contributed by atoms with Crippen molar-refractivity contribution in [2.75, 3.05) is 19.6 Å². The van der Waals surface area contributed by atoms with Crippen molar-refractivity contribution < 1.29 is 9.90 Å². The third-order valence-corrected chi connectivity index (χ3v) is 2.84. The van der Waals surface area contributed by atoms with E-state index < -0.39 is 0 Å². The number of carbonyl (C=O) groups is 1. The van der Waals surface area contributed by atoms with E-state index in [0.717, 1.165) is 12.2 Å². The summed E-state index contributed by atoms with van der Waals surface area (Å²) in [5, 5.41) is 15.4. The largest absolute Gasteiger partial charge is 0.391 e. The number of rotatable bonds is 3. The van der Waals surface area contributed by atoms with Gasteiger partial charge in [-0.15, -0.1) is 24.8 Å². The van der Waals surface area contributed by atoms with Crippen molar-refractivity contribution in [3.05, 3.63) is 23.8 Å². The second kappa shape index (κ2) is 8.27. The van der Waals surface area contributed by atoms with Crippen LogP contribution < -0.4 is 10.6 Å². The van der Waals surface area contributed by atoms with Crippen LogP contribution in [0.4, 0.5) is 0 Å². The highest BCUT2D eigenvalue weighted by atomic mass is 35.5. The molecule has 0 spiro atoms. The fraction of sp³-hybridized carbons (Fsp3) is 0.545. The van der Waals surface area contributed by atoms with Crippen LogP contribution in [0.5, 0.6) is 0 Å². The Morgan fingerprint density at radius 3 is 2.68 bits per heavy atom. The topological polar surface area (TPSA) is 87.1 Å². The number of hydrogen-bond donors (Lipinski definition) is 3. The van der Waals surface area contributed by atoms with E-state index in [1.165, 1.54) is 6.20 Å². The van der Waals surface area contributed by atoms with Crippen molar-refractivity contribution >= 4 is 30.7 Å². The molecule has 1 aromatic rings. The highest BCUT2D eigenvalue weighted by Gasteiger charge is 2.25. The standard InChI is InChI=1S/C11H16N4O2.2ClH/c1-7-2-14-9(5-13-7)11(17)15-4-8-3-12-6-10(8)16;;/h2,5,8,10,12,16H,3-4,6H2,1H3,(H,15,17);2*1H. The van der Waals surface area contributed by atoms with Crippen molar-refractivity contribution in [2.45, 2.75) is 13.0 Å². The molecule has 1 saturated heterocycles. The summed E-state index contributed by atoms with van der Waals surface area (Å²) in [5.74, 6) is -0.186. The van der Waals surface area contributed by atoms with Gasteiger partial charge in [0.05, 0.1) is 18.0 Å². The maximum absolute atomic E-state index is 11.7. The van der Waals surface area contributed by atoms with Gasteiger partial charge in [0.2, 0.25) is 0 Å². The molecule has 0 saturated carbocycles. The van der Waals surface area contributed by atoms with Crippen LogP contribution >= 0.6 is 24.8 Å². The van der Waals surface area contributed by atoms with Crippen LogP contribution in [0, 0.1) is 12.8 Å². The highest BCUT2D eigenvalue weighted by molar-refractivity contribution is 5.91. The summed E-state index contributed by atoms with van der Waals surface area (Å²) in [5.41, 5.74) is 1.08. The summed E-state index contributed by atoms with van der Waals surface area (Å²) in [7, 11) is 0. The van der Waals surface area contributed by atoms with Gasteiger partial charge in [-0.1, -0.05) is 0 Å². The Balaban J connectivity index is 0.00000162. The Kier molecular flexibility index (Phi) is 7.85. The van der Waals surface area contributed by atoms with E-state index in [9.17, 15) is 9.90 Å². The summed E-state index contributed by atoms with van der Waals surface area (Å²) in [4.78, 5) is 19.7. The Morgan fingerprint density at radius 2 is 2.16 bits per heavy atom. The zero-order chi connectivity index (χ0) is 12.3. The van der Waals surface area contributed by atoms with E-state index in [1.54, 1.807) is 6.20 Å². The van der Waals surface area contributed by atoms with Gasteiger partial charge in [0.25, 0.3) is 5.91 Å². The number of nitrogens with zero attached hydrogens (tertiary/aromatic N) is 2. The van der Waals surface area contributed by atoms with Crippen LogP contribution in [0.15, 0.2) is 12.4 Å². The first-order chi connectivity index (χ1) is 8.16. The molecule has 0 radical (unpaired) electrons. The number of halogens is 2. The summed E-state index contributed by atoms with van der Waals surface area (Å²) < 4.78 is 0. The zero-order valence-corrected chi connectivity index (χ0v) is 12.1. The van der Waals surface area contributed by atoms with Gasteiger partial charge in [0.1, 0.15) is 5.69 Å². The summed E-state index contributed by atoms with van der Waals surface area (Å²) >= 11 is 0. The normalized spacial score (nSPS) is 21.2. The van der Waals surface area contributed by atoms with Gasteiger partial charge >= 0.3 is 0 Å². The van der Waals surface area contributed by atoms with Crippen LogP contribution in [0.2, 0.25) is 0 Å². The molecule has 3 N–H and O–H groups in total. The average Bonchev–Trinajstić information content (AvgIpc) is 2.73. The van der Waals surface area contributed by atoms with Gasteiger partial charge in [-0.05, 0) is 6.92 Å².